The third-order valence-electron chi connectivity index (χ3n) is 3.97. The number of benzene rings is 2. The zero-order chi connectivity index (χ0) is 20.1. The topological polar surface area (TPSA) is 69.6 Å². The van der Waals surface area contributed by atoms with Gasteiger partial charge < -0.3 is 9.47 Å². The number of hydrogen-bond acceptors (Lipinski definition) is 4. The minimum absolute atomic E-state index is 0.220. The lowest BCUT2D eigenvalue weighted by molar-refractivity contribution is 0.187. The molecule has 144 valence electrons. The minimum Gasteiger partial charge on any atom is -0.463 e. The van der Waals surface area contributed by atoms with E-state index in [9.17, 15) is 18.4 Å². The van der Waals surface area contributed by atoms with E-state index in [0.29, 0.717) is 22.6 Å². The van der Waals surface area contributed by atoms with Crippen molar-refractivity contribution in [1.29, 1.82) is 0 Å². The van der Waals surface area contributed by atoms with Crippen LogP contribution in [0.15, 0.2) is 65.6 Å². The Balaban J connectivity index is 2.11. The number of hydrogen-bond donors (Lipinski definition) is 1. The van der Waals surface area contributed by atoms with E-state index in [2.05, 4.69) is 10.1 Å². The van der Waals surface area contributed by atoms with Gasteiger partial charge in [0.2, 0.25) is 6.86 Å². The van der Waals surface area contributed by atoms with Crippen LogP contribution in [-0.2, 0) is 4.74 Å². The lowest BCUT2D eigenvalue weighted by atomic mass is 10.1. The normalized spacial score (nSPS) is 10.4. The van der Waals surface area contributed by atoms with Crippen molar-refractivity contribution in [1.82, 2.24) is 4.57 Å². The fourth-order valence-corrected chi connectivity index (χ4v) is 2.62. The van der Waals surface area contributed by atoms with Gasteiger partial charge in [0.05, 0.1) is 12.8 Å². The zero-order valence-electron chi connectivity index (χ0n) is 14.8. The van der Waals surface area contributed by atoms with E-state index in [-0.39, 0.29) is 5.69 Å². The van der Waals surface area contributed by atoms with Gasteiger partial charge in [-0.25, -0.2) is 13.6 Å². The maximum absolute atomic E-state index is 13.3. The van der Waals surface area contributed by atoms with Crippen molar-refractivity contribution >= 4 is 11.8 Å². The summed E-state index contributed by atoms with van der Waals surface area (Å²) in [6.45, 7) is -0.956. The number of nitrogens with zero attached hydrogens (tertiary/aromatic N) is 1. The van der Waals surface area contributed by atoms with Crippen LogP contribution in [-0.4, -0.2) is 24.6 Å². The van der Waals surface area contributed by atoms with Gasteiger partial charge in [-0.1, -0.05) is 12.1 Å². The fraction of sp³-hybridized carbons (Fsp3) is 0.100. The summed E-state index contributed by atoms with van der Waals surface area (Å²) in [4.78, 5) is 24.2. The number of nitrogens with one attached hydrogen (secondary N) is 1. The van der Waals surface area contributed by atoms with Crippen molar-refractivity contribution in [3.8, 4) is 22.6 Å². The van der Waals surface area contributed by atoms with Crippen molar-refractivity contribution < 1.29 is 23.0 Å². The monoisotopic (exact) mass is 386 g/mol. The van der Waals surface area contributed by atoms with Gasteiger partial charge in [0.15, 0.2) is 0 Å². The highest BCUT2D eigenvalue weighted by molar-refractivity contribution is 5.91. The van der Waals surface area contributed by atoms with Crippen LogP contribution < -0.4 is 15.6 Å². The van der Waals surface area contributed by atoms with Crippen LogP contribution in [0.4, 0.5) is 19.3 Å². The first-order valence-electron chi connectivity index (χ1n) is 8.18. The molecule has 0 spiro atoms. The molecule has 3 rings (SSSR count). The zero-order valence-corrected chi connectivity index (χ0v) is 14.8. The lowest BCUT2D eigenvalue weighted by Crippen LogP contribution is -2.20. The summed E-state index contributed by atoms with van der Waals surface area (Å²) < 4.78 is 36.3. The van der Waals surface area contributed by atoms with Crippen LogP contribution in [0.3, 0.4) is 0 Å². The van der Waals surface area contributed by atoms with Crippen molar-refractivity contribution in [2.24, 2.45) is 0 Å². The molecule has 28 heavy (non-hydrogen) atoms. The molecular weight excluding hydrogens is 370 g/mol. The second-order valence-electron chi connectivity index (χ2n) is 5.68. The molecule has 2 aromatic carbocycles. The average molecular weight is 386 g/mol. The number of rotatable bonds is 5. The van der Waals surface area contributed by atoms with E-state index in [1.54, 1.807) is 12.1 Å². The number of alkyl halides is 1. The largest absolute Gasteiger partial charge is 0.463 e. The van der Waals surface area contributed by atoms with Crippen LogP contribution in [0.5, 0.6) is 5.75 Å². The Labute approximate surface area is 159 Å². The van der Waals surface area contributed by atoms with E-state index in [1.807, 2.05) is 0 Å². The second kappa shape index (κ2) is 8.34. The number of carbonyl (C=O) groups is 1. The molecule has 0 radical (unpaired) electrons. The fourth-order valence-electron chi connectivity index (χ4n) is 2.62. The van der Waals surface area contributed by atoms with Gasteiger partial charge in [-0.05, 0) is 42.0 Å². The summed E-state index contributed by atoms with van der Waals surface area (Å²) in [6, 6.07) is 13.1. The first-order chi connectivity index (χ1) is 13.5. The molecule has 8 heteroatoms. The summed E-state index contributed by atoms with van der Waals surface area (Å²) in [7, 11) is 1.20. The summed E-state index contributed by atoms with van der Waals surface area (Å²) in [5.41, 5.74) is 1.37. The van der Waals surface area contributed by atoms with E-state index in [4.69, 9.17) is 4.74 Å². The summed E-state index contributed by atoms with van der Waals surface area (Å²) in [5.74, 6) is -0.0926. The Bertz CT molecular complexity index is 1030. The first-order valence-corrected chi connectivity index (χ1v) is 8.18. The van der Waals surface area contributed by atoms with E-state index >= 15 is 0 Å². The standard InChI is InChI=1S/C20H16F2N2O4/c1-27-20(26)23-18-10-19(25)24(15-6-8-16(9-7-15)28-12-21)11-17(18)13-2-4-14(22)5-3-13/h2-11H,12H2,1H3,(H,23,26). The Morgan fingerprint density at radius 2 is 1.79 bits per heavy atom. The molecule has 1 heterocycles. The molecule has 1 amide bonds. The van der Waals surface area contributed by atoms with Crippen LogP contribution in [0.1, 0.15) is 0 Å². The first kappa shape index (κ1) is 19.1. The Morgan fingerprint density at radius 3 is 2.39 bits per heavy atom. The Morgan fingerprint density at radius 1 is 1.11 bits per heavy atom. The number of halogens is 2. The van der Waals surface area contributed by atoms with Gasteiger partial charge in [0.1, 0.15) is 11.6 Å². The van der Waals surface area contributed by atoms with E-state index in [1.165, 1.54) is 60.3 Å². The smallest absolute Gasteiger partial charge is 0.411 e. The van der Waals surface area contributed by atoms with E-state index in [0.717, 1.165) is 0 Å². The molecule has 0 atom stereocenters. The number of amides is 1. The number of ether oxygens (including phenoxy) is 2. The molecule has 0 saturated carbocycles. The van der Waals surface area contributed by atoms with Crippen molar-refractivity contribution in [3.63, 3.8) is 0 Å². The number of carbonyl (C=O) groups excluding carboxylic acids is 1. The molecular formula is C20H16F2N2O4. The number of methoxy groups -OCH3 is 1. The van der Waals surface area contributed by atoms with Crippen LogP contribution >= 0.6 is 0 Å². The Hall–Kier alpha value is -3.68. The highest BCUT2D eigenvalue weighted by Gasteiger charge is 2.13. The molecule has 0 unspecified atom stereocenters. The second-order valence-corrected chi connectivity index (χ2v) is 5.68. The third-order valence-corrected chi connectivity index (χ3v) is 3.97. The minimum atomic E-state index is -0.956. The molecule has 0 saturated heterocycles. The molecule has 0 aliphatic rings. The predicted molar refractivity (Wildman–Crippen MR) is 100 cm³/mol. The van der Waals surface area contributed by atoms with Gasteiger partial charge in [-0.3, -0.25) is 14.7 Å². The van der Waals surface area contributed by atoms with Gasteiger partial charge in [-0.15, -0.1) is 0 Å². The number of aromatic nitrogens is 1. The van der Waals surface area contributed by atoms with Gasteiger partial charge in [0, 0.05) is 23.5 Å². The summed E-state index contributed by atoms with van der Waals surface area (Å²) >= 11 is 0. The molecule has 3 aromatic rings. The van der Waals surface area contributed by atoms with E-state index < -0.39 is 24.3 Å². The predicted octanol–water partition coefficient (Wildman–Crippen LogP) is 4.13. The van der Waals surface area contributed by atoms with Crippen LogP contribution in [0, 0.1) is 5.82 Å². The van der Waals surface area contributed by atoms with Crippen molar-refractivity contribution in [3.05, 3.63) is 77.0 Å². The SMILES string of the molecule is COC(=O)Nc1cc(=O)n(-c2ccc(OCF)cc2)cc1-c1ccc(F)cc1. The number of anilines is 1. The molecule has 0 aliphatic carbocycles. The molecule has 6 nitrogen and oxygen atoms in total. The lowest BCUT2D eigenvalue weighted by Gasteiger charge is -2.14. The highest BCUT2D eigenvalue weighted by Crippen LogP contribution is 2.28. The highest BCUT2D eigenvalue weighted by atomic mass is 19.1. The Kier molecular flexibility index (Phi) is 5.69. The van der Waals surface area contributed by atoms with Gasteiger partial charge in [-0.2, -0.15) is 0 Å². The quantitative estimate of drug-likeness (QED) is 0.716. The molecule has 0 aliphatic heterocycles. The molecule has 1 N–H and O–H groups in total. The molecule has 0 bridgehead atoms. The van der Waals surface area contributed by atoms with Gasteiger partial charge >= 0.3 is 6.09 Å². The molecule has 1 aromatic heterocycles. The average Bonchev–Trinajstić information content (AvgIpc) is 2.70. The summed E-state index contributed by atoms with van der Waals surface area (Å²) in [6.07, 6.45) is 0.777. The van der Waals surface area contributed by atoms with Crippen molar-refractivity contribution in [2.75, 3.05) is 19.3 Å². The third kappa shape index (κ3) is 4.17. The maximum Gasteiger partial charge on any atom is 0.411 e. The van der Waals surface area contributed by atoms with Gasteiger partial charge in [0.25, 0.3) is 5.56 Å². The maximum atomic E-state index is 13.3. The molecule has 0 fully saturated rings. The van der Waals surface area contributed by atoms with Crippen LogP contribution in [0.2, 0.25) is 0 Å². The van der Waals surface area contributed by atoms with Crippen LogP contribution in [0.25, 0.3) is 16.8 Å². The van der Waals surface area contributed by atoms with Crippen molar-refractivity contribution in [2.45, 2.75) is 0 Å². The summed E-state index contributed by atoms with van der Waals surface area (Å²) in [5, 5.41) is 2.49. The number of pyridine rings is 1.